The highest BCUT2D eigenvalue weighted by atomic mass is 32.1. The number of hydrogen-bond donors (Lipinski definition) is 1. The molecule has 2 rings (SSSR count). The maximum absolute atomic E-state index is 11.7. The monoisotopic (exact) mass is 287 g/mol. The van der Waals surface area contributed by atoms with Gasteiger partial charge in [-0.15, -0.1) is 11.3 Å². The summed E-state index contributed by atoms with van der Waals surface area (Å²) in [4.78, 5) is 15.7. The zero-order valence-electron chi connectivity index (χ0n) is 10.4. The molecule has 0 saturated carbocycles. The number of ether oxygens (including phenoxy) is 2. The van der Waals surface area contributed by atoms with E-state index in [9.17, 15) is 4.79 Å². The van der Waals surface area contributed by atoms with Gasteiger partial charge in [-0.1, -0.05) is 0 Å². The molecule has 1 atom stereocenters. The number of nitrogens with one attached hydrogen (secondary N) is 1. The molecule has 0 aliphatic carbocycles. The van der Waals surface area contributed by atoms with Crippen molar-refractivity contribution < 1.29 is 14.3 Å². The number of hydrogen-bond acceptors (Lipinski definition) is 5. The summed E-state index contributed by atoms with van der Waals surface area (Å²) < 4.78 is 11.5. The van der Waals surface area contributed by atoms with Gasteiger partial charge in [-0.2, -0.15) is 0 Å². The Morgan fingerprint density at radius 2 is 2.44 bits per heavy atom. The highest BCUT2D eigenvalue weighted by Crippen LogP contribution is 2.16. The Labute approximate surface area is 115 Å². The van der Waals surface area contributed by atoms with E-state index in [1.807, 2.05) is 6.92 Å². The van der Waals surface area contributed by atoms with Gasteiger partial charge in [0.05, 0.1) is 12.5 Å². The van der Waals surface area contributed by atoms with E-state index < -0.39 is 0 Å². The van der Waals surface area contributed by atoms with Gasteiger partial charge in [0.1, 0.15) is 6.61 Å². The second-order valence-electron chi connectivity index (χ2n) is 4.41. The molecule has 0 amide bonds. The van der Waals surface area contributed by atoms with E-state index in [-0.39, 0.29) is 18.5 Å². The van der Waals surface area contributed by atoms with Crippen LogP contribution < -0.4 is 0 Å². The van der Waals surface area contributed by atoms with Gasteiger partial charge in [-0.05, 0) is 38.4 Å². The van der Waals surface area contributed by atoms with Gasteiger partial charge in [0.2, 0.25) is 0 Å². The Balaban J connectivity index is 1.78. The van der Waals surface area contributed by atoms with E-state index in [0.717, 1.165) is 36.4 Å². The molecule has 0 spiro atoms. The maximum atomic E-state index is 11.7. The van der Waals surface area contributed by atoms with Crippen LogP contribution >= 0.6 is 23.6 Å². The van der Waals surface area contributed by atoms with Crippen LogP contribution in [-0.4, -0.2) is 30.3 Å². The Hall–Kier alpha value is -0.720. The molecule has 0 radical (unpaired) electrons. The van der Waals surface area contributed by atoms with Crippen molar-refractivity contribution in [3.8, 4) is 0 Å². The average molecular weight is 287 g/mol. The molecule has 1 saturated heterocycles. The van der Waals surface area contributed by atoms with Crippen LogP contribution in [0.15, 0.2) is 0 Å². The molecule has 1 fully saturated rings. The molecule has 1 aromatic heterocycles. The summed E-state index contributed by atoms with van der Waals surface area (Å²) in [5.41, 5.74) is 0.955. The van der Waals surface area contributed by atoms with Crippen molar-refractivity contribution in [1.29, 1.82) is 0 Å². The fourth-order valence-electron chi connectivity index (χ4n) is 1.91. The molecular weight excluding hydrogens is 270 g/mol. The van der Waals surface area contributed by atoms with Crippen molar-refractivity contribution in [3.63, 3.8) is 0 Å². The fourth-order valence-corrected chi connectivity index (χ4v) is 3.19. The number of rotatable bonds is 4. The number of carbonyl (C=O) groups excluding carboxylic acids is 1. The maximum Gasteiger partial charge on any atom is 0.311 e. The minimum atomic E-state index is -0.211. The van der Waals surface area contributed by atoms with Crippen molar-refractivity contribution >= 4 is 29.5 Å². The van der Waals surface area contributed by atoms with Crippen molar-refractivity contribution in [1.82, 2.24) is 4.98 Å². The van der Waals surface area contributed by atoms with E-state index in [1.165, 1.54) is 11.3 Å². The van der Waals surface area contributed by atoms with E-state index in [4.69, 9.17) is 21.7 Å². The molecule has 18 heavy (non-hydrogen) atoms. The predicted octanol–water partition coefficient (Wildman–Crippen LogP) is 2.77. The lowest BCUT2D eigenvalue weighted by Crippen LogP contribution is -2.26. The van der Waals surface area contributed by atoms with Crippen LogP contribution in [0.5, 0.6) is 0 Å². The molecule has 1 aliphatic heterocycles. The zero-order valence-corrected chi connectivity index (χ0v) is 12.0. The van der Waals surface area contributed by atoms with Gasteiger partial charge in [-0.3, -0.25) is 4.79 Å². The van der Waals surface area contributed by atoms with Gasteiger partial charge in [0.25, 0.3) is 0 Å². The summed E-state index contributed by atoms with van der Waals surface area (Å²) >= 11 is 6.46. The van der Waals surface area contributed by atoms with Crippen molar-refractivity contribution in [3.05, 3.63) is 14.5 Å². The first kappa shape index (κ1) is 13.7. The third-order valence-corrected chi connectivity index (χ3v) is 4.27. The molecular formula is C12H17NO3S2. The van der Waals surface area contributed by atoms with Crippen molar-refractivity contribution in [2.75, 3.05) is 13.2 Å². The van der Waals surface area contributed by atoms with E-state index in [0.29, 0.717) is 10.6 Å². The van der Waals surface area contributed by atoms with Crippen LogP contribution in [0.1, 0.15) is 29.8 Å². The lowest BCUT2D eigenvalue weighted by molar-refractivity contribution is -0.148. The van der Waals surface area contributed by atoms with Crippen LogP contribution in [0.2, 0.25) is 0 Å². The minimum absolute atomic E-state index is 0.0770. The summed E-state index contributed by atoms with van der Waals surface area (Å²) in [7, 11) is 0. The normalized spacial score (nSPS) is 19.7. The molecule has 0 bridgehead atoms. The van der Waals surface area contributed by atoms with Crippen LogP contribution in [0, 0.1) is 10.9 Å². The van der Waals surface area contributed by atoms with Crippen LogP contribution in [0.4, 0.5) is 0 Å². The Kier molecular flexibility index (Phi) is 4.91. The van der Waals surface area contributed by atoms with Crippen molar-refractivity contribution in [2.24, 2.45) is 0 Å². The second kappa shape index (κ2) is 6.45. The molecule has 4 nitrogen and oxygen atoms in total. The number of carbonyl (C=O) groups is 1. The molecule has 1 unspecified atom stereocenters. The number of esters is 1. The highest BCUT2D eigenvalue weighted by Gasteiger charge is 2.17. The summed E-state index contributed by atoms with van der Waals surface area (Å²) in [6.45, 7) is 3.06. The smallest absolute Gasteiger partial charge is 0.311 e. The van der Waals surface area contributed by atoms with E-state index in [2.05, 4.69) is 4.98 Å². The van der Waals surface area contributed by atoms with Crippen LogP contribution in [-0.2, 0) is 20.7 Å². The number of aromatic amines is 1. The summed E-state index contributed by atoms with van der Waals surface area (Å²) in [6, 6.07) is 0. The van der Waals surface area contributed by atoms with Crippen molar-refractivity contribution in [2.45, 2.75) is 38.7 Å². The number of aryl methyl sites for hydroxylation is 1. The van der Waals surface area contributed by atoms with E-state index in [1.54, 1.807) is 0 Å². The molecule has 2 heterocycles. The van der Waals surface area contributed by atoms with Crippen LogP contribution in [0.3, 0.4) is 0 Å². The van der Waals surface area contributed by atoms with Gasteiger partial charge in [0, 0.05) is 17.2 Å². The Morgan fingerprint density at radius 3 is 3.06 bits per heavy atom. The Morgan fingerprint density at radius 1 is 1.61 bits per heavy atom. The quantitative estimate of drug-likeness (QED) is 0.683. The number of aromatic nitrogens is 1. The third kappa shape index (κ3) is 3.90. The largest absolute Gasteiger partial charge is 0.463 e. The summed E-state index contributed by atoms with van der Waals surface area (Å²) in [5.74, 6) is -0.211. The summed E-state index contributed by atoms with van der Waals surface area (Å²) in [6.07, 6.45) is 3.61. The third-order valence-electron chi connectivity index (χ3n) is 2.93. The molecule has 1 N–H and O–H groups in total. The molecule has 6 heteroatoms. The fraction of sp³-hybridized carbons (Fsp3) is 0.667. The SMILES string of the molecule is Cc1[nH]c(=S)sc1CC(=O)OCC1CCCCO1. The average Bonchev–Trinajstić information content (AvgIpc) is 2.67. The van der Waals surface area contributed by atoms with Gasteiger partial charge in [0.15, 0.2) is 3.95 Å². The standard InChI is InChI=1S/C12H17NO3S2/c1-8-10(18-12(17)13-8)6-11(14)16-7-9-4-2-3-5-15-9/h9H,2-7H2,1H3,(H,13,17). The first-order valence-electron chi connectivity index (χ1n) is 6.11. The van der Waals surface area contributed by atoms with E-state index >= 15 is 0 Å². The lowest BCUT2D eigenvalue weighted by Gasteiger charge is -2.21. The first-order chi connectivity index (χ1) is 8.65. The number of H-pyrrole nitrogens is 1. The highest BCUT2D eigenvalue weighted by molar-refractivity contribution is 7.73. The first-order valence-corrected chi connectivity index (χ1v) is 7.33. The minimum Gasteiger partial charge on any atom is -0.463 e. The second-order valence-corrected chi connectivity index (χ2v) is 6.18. The van der Waals surface area contributed by atoms with Gasteiger partial charge in [-0.25, -0.2) is 0 Å². The van der Waals surface area contributed by atoms with Crippen LogP contribution in [0.25, 0.3) is 0 Å². The summed E-state index contributed by atoms with van der Waals surface area (Å²) in [5, 5.41) is 0. The molecule has 0 aromatic carbocycles. The van der Waals surface area contributed by atoms with Gasteiger partial charge >= 0.3 is 5.97 Å². The molecule has 1 aliphatic rings. The predicted molar refractivity (Wildman–Crippen MR) is 72.5 cm³/mol. The van der Waals surface area contributed by atoms with Gasteiger partial charge < -0.3 is 14.5 Å². The topological polar surface area (TPSA) is 51.3 Å². The molecule has 100 valence electrons. The Bertz CT molecular complexity index is 460. The molecule has 1 aromatic rings. The lowest BCUT2D eigenvalue weighted by atomic mass is 10.1. The zero-order chi connectivity index (χ0) is 13.0. The number of thiazole rings is 1.